The average Bonchev–Trinajstić information content (AvgIpc) is 2.98. The van der Waals surface area contributed by atoms with E-state index in [-0.39, 0.29) is 17.9 Å². The van der Waals surface area contributed by atoms with E-state index in [2.05, 4.69) is 15.5 Å². The molecule has 0 bridgehead atoms. The molecule has 0 aromatic heterocycles. The van der Waals surface area contributed by atoms with Gasteiger partial charge < -0.3 is 20.1 Å². The van der Waals surface area contributed by atoms with Crippen LogP contribution in [0.4, 0.5) is 0 Å². The van der Waals surface area contributed by atoms with Crippen LogP contribution in [0.5, 0.6) is 5.75 Å². The van der Waals surface area contributed by atoms with Gasteiger partial charge >= 0.3 is 11.9 Å². The number of carbonyl (C=O) groups is 4. The van der Waals surface area contributed by atoms with Gasteiger partial charge in [-0.3, -0.25) is 24.1 Å². The maximum absolute atomic E-state index is 14.0. The van der Waals surface area contributed by atoms with Crippen LogP contribution >= 0.6 is 11.8 Å². The molecule has 1 aliphatic heterocycles. The summed E-state index contributed by atoms with van der Waals surface area (Å²) in [6.07, 6.45) is 4.68. The number of benzene rings is 2. The van der Waals surface area contributed by atoms with Gasteiger partial charge in [0.1, 0.15) is 11.9 Å². The lowest BCUT2D eigenvalue weighted by molar-refractivity contribution is -0.147. The van der Waals surface area contributed by atoms with Crippen molar-refractivity contribution in [2.75, 3.05) is 18.8 Å². The van der Waals surface area contributed by atoms with Gasteiger partial charge in [0.05, 0.1) is 12.1 Å². The highest BCUT2D eigenvalue weighted by atomic mass is 32.2. The monoisotopic (exact) mass is 651 g/mol. The van der Waals surface area contributed by atoms with Gasteiger partial charge in [-0.1, -0.05) is 43.5 Å². The fraction of sp³-hybridized carbons (Fsp3) is 0.556. The standard InChI is InChI=1S/C36H49N3O6S/c1-23-29(17-12-18-32(23)44-24(2)40)34(42)37-30(33(45-25(3)41)22-46-28-15-8-7-9-16-28)21-39-20-27-14-11-10-13-26(27)19-31(39)35(43)38-36(4,5)6/h7-9,12,15-18,26-27,30-31,33H,10-11,13-14,19-22H2,1-6H3,(H,37,42)(H,38,43)/t26-,27+,30-,31-,33+/m0/s1. The lowest BCUT2D eigenvalue weighted by Crippen LogP contribution is -2.61. The number of thioether (sulfide) groups is 1. The molecule has 46 heavy (non-hydrogen) atoms. The average molecular weight is 652 g/mol. The fourth-order valence-electron chi connectivity index (χ4n) is 6.65. The second-order valence-corrected chi connectivity index (χ2v) is 14.7. The number of nitrogens with zero attached hydrogens (tertiary/aromatic N) is 1. The molecule has 250 valence electrons. The maximum atomic E-state index is 14.0. The van der Waals surface area contributed by atoms with Crippen LogP contribution in [-0.2, 0) is 19.1 Å². The largest absolute Gasteiger partial charge is 0.459 e. The highest BCUT2D eigenvalue weighted by Crippen LogP contribution is 2.39. The number of hydrogen-bond donors (Lipinski definition) is 2. The Balaban J connectivity index is 1.67. The normalized spacial score (nSPS) is 21.3. The van der Waals surface area contributed by atoms with Crippen molar-refractivity contribution < 1.29 is 28.7 Å². The van der Waals surface area contributed by atoms with E-state index in [4.69, 9.17) is 9.47 Å². The number of hydrogen-bond acceptors (Lipinski definition) is 8. The summed E-state index contributed by atoms with van der Waals surface area (Å²) < 4.78 is 11.3. The molecule has 2 N–H and O–H groups in total. The Bertz CT molecular complexity index is 1380. The third kappa shape index (κ3) is 10.1. The van der Waals surface area contributed by atoms with E-state index >= 15 is 0 Å². The highest BCUT2D eigenvalue weighted by Gasteiger charge is 2.42. The van der Waals surface area contributed by atoms with Gasteiger partial charge in [0.25, 0.3) is 5.91 Å². The highest BCUT2D eigenvalue weighted by molar-refractivity contribution is 7.99. The molecule has 2 aromatic carbocycles. The summed E-state index contributed by atoms with van der Waals surface area (Å²) in [5.74, 6) is 0.355. The van der Waals surface area contributed by atoms with E-state index in [0.717, 1.165) is 30.7 Å². The molecule has 1 saturated carbocycles. The van der Waals surface area contributed by atoms with Crippen LogP contribution < -0.4 is 15.4 Å². The number of rotatable bonds is 11. The van der Waals surface area contributed by atoms with Crippen LogP contribution in [-0.4, -0.2) is 71.2 Å². The summed E-state index contributed by atoms with van der Waals surface area (Å²) in [4.78, 5) is 55.1. The molecule has 4 rings (SSSR count). The molecule has 1 saturated heterocycles. The number of ether oxygens (including phenoxy) is 2. The third-order valence-corrected chi connectivity index (χ3v) is 9.86. The molecule has 1 aliphatic carbocycles. The predicted molar refractivity (Wildman–Crippen MR) is 180 cm³/mol. The van der Waals surface area contributed by atoms with Crippen molar-refractivity contribution in [3.8, 4) is 5.75 Å². The van der Waals surface area contributed by atoms with Gasteiger partial charge in [-0.15, -0.1) is 11.8 Å². The van der Waals surface area contributed by atoms with Crippen LogP contribution in [0.1, 0.15) is 82.6 Å². The number of likely N-dealkylation sites (tertiary alicyclic amines) is 1. The van der Waals surface area contributed by atoms with Crippen LogP contribution in [0, 0.1) is 18.8 Å². The van der Waals surface area contributed by atoms with Gasteiger partial charge in [0, 0.05) is 54.3 Å². The molecule has 0 unspecified atom stereocenters. The zero-order chi connectivity index (χ0) is 33.4. The lowest BCUT2D eigenvalue weighted by Gasteiger charge is -2.47. The second-order valence-electron chi connectivity index (χ2n) is 13.6. The zero-order valence-electron chi connectivity index (χ0n) is 28.0. The van der Waals surface area contributed by atoms with Crippen LogP contribution in [0.2, 0.25) is 0 Å². The quantitative estimate of drug-likeness (QED) is 0.185. The molecule has 2 amide bonds. The smallest absolute Gasteiger partial charge is 0.308 e. The number of fused-ring (bicyclic) bond motifs is 1. The molecule has 2 fully saturated rings. The number of piperidine rings is 1. The van der Waals surface area contributed by atoms with Gasteiger partial charge in [-0.05, 0) is 76.6 Å². The molecule has 2 aromatic rings. The van der Waals surface area contributed by atoms with Gasteiger partial charge in [-0.2, -0.15) is 0 Å². The van der Waals surface area contributed by atoms with E-state index in [0.29, 0.717) is 41.0 Å². The Kier molecular flexibility index (Phi) is 12.3. The number of amides is 2. The van der Waals surface area contributed by atoms with Gasteiger partial charge in [0.15, 0.2) is 0 Å². The summed E-state index contributed by atoms with van der Waals surface area (Å²) in [6, 6.07) is 13.8. The summed E-state index contributed by atoms with van der Waals surface area (Å²) in [7, 11) is 0. The van der Waals surface area contributed by atoms with Crippen LogP contribution in [0.15, 0.2) is 53.4 Å². The third-order valence-electron chi connectivity index (χ3n) is 8.76. The molecule has 0 spiro atoms. The lowest BCUT2D eigenvalue weighted by atomic mass is 9.72. The Labute approximate surface area is 277 Å². The molecule has 0 radical (unpaired) electrons. The van der Waals surface area contributed by atoms with Crippen molar-refractivity contribution in [2.24, 2.45) is 11.8 Å². The summed E-state index contributed by atoms with van der Waals surface area (Å²) in [5, 5.41) is 6.37. The minimum Gasteiger partial charge on any atom is -0.459 e. The second kappa shape index (κ2) is 16.0. The molecular weight excluding hydrogens is 602 g/mol. The van der Waals surface area contributed by atoms with E-state index < -0.39 is 29.6 Å². The Morgan fingerprint density at radius 1 is 0.957 bits per heavy atom. The number of nitrogens with one attached hydrogen (secondary N) is 2. The van der Waals surface area contributed by atoms with Crippen LogP contribution in [0.3, 0.4) is 0 Å². The fourth-order valence-corrected chi connectivity index (χ4v) is 7.65. The Morgan fingerprint density at radius 3 is 2.30 bits per heavy atom. The van der Waals surface area contributed by atoms with Crippen molar-refractivity contribution in [1.29, 1.82) is 0 Å². The summed E-state index contributed by atoms with van der Waals surface area (Å²) in [6.45, 7) is 11.4. The molecule has 2 aliphatic rings. The summed E-state index contributed by atoms with van der Waals surface area (Å²) in [5.41, 5.74) is 0.493. The topological polar surface area (TPSA) is 114 Å². The minimum atomic E-state index is -0.681. The SMILES string of the molecule is CC(=O)Oc1cccc(C(=O)N[C@@H](CN2C[C@H]3CCCC[C@H]3C[C@H]2C(=O)NC(C)(C)C)[C@@H](CSc2ccccc2)OC(C)=O)c1C. The molecule has 9 nitrogen and oxygen atoms in total. The van der Waals surface area contributed by atoms with E-state index in [1.807, 2.05) is 51.1 Å². The van der Waals surface area contributed by atoms with Crippen molar-refractivity contribution in [3.05, 3.63) is 59.7 Å². The minimum absolute atomic E-state index is 0.0192. The van der Waals surface area contributed by atoms with Crippen molar-refractivity contribution in [2.45, 2.75) is 102 Å². The first-order valence-corrected chi connectivity index (χ1v) is 17.3. The number of esters is 2. The zero-order valence-corrected chi connectivity index (χ0v) is 28.8. The van der Waals surface area contributed by atoms with Crippen molar-refractivity contribution >= 4 is 35.5 Å². The first-order chi connectivity index (χ1) is 21.8. The van der Waals surface area contributed by atoms with E-state index in [1.54, 1.807) is 36.9 Å². The maximum Gasteiger partial charge on any atom is 0.308 e. The molecular formula is C36H49N3O6S. The Hall–Kier alpha value is -3.37. The van der Waals surface area contributed by atoms with Crippen molar-refractivity contribution in [3.63, 3.8) is 0 Å². The van der Waals surface area contributed by atoms with E-state index in [1.165, 1.54) is 26.7 Å². The van der Waals surface area contributed by atoms with E-state index in [9.17, 15) is 19.2 Å². The molecule has 1 heterocycles. The van der Waals surface area contributed by atoms with Gasteiger partial charge in [-0.25, -0.2) is 0 Å². The Morgan fingerprint density at radius 2 is 1.65 bits per heavy atom. The molecule has 5 atom stereocenters. The molecule has 10 heteroatoms. The first kappa shape index (κ1) is 35.5. The predicted octanol–water partition coefficient (Wildman–Crippen LogP) is 5.54. The van der Waals surface area contributed by atoms with Crippen LogP contribution in [0.25, 0.3) is 0 Å². The van der Waals surface area contributed by atoms with Crippen molar-refractivity contribution in [1.82, 2.24) is 15.5 Å². The number of carbonyl (C=O) groups excluding carboxylic acids is 4. The summed E-state index contributed by atoms with van der Waals surface area (Å²) >= 11 is 1.55. The first-order valence-electron chi connectivity index (χ1n) is 16.3. The van der Waals surface area contributed by atoms with Gasteiger partial charge in [0.2, 0.25) is 5.91 Å².